The zero-order chi connectivity index (χ0) is 20.8. The molecule has 0 aromatic heterocycles. The number of thioether (sulfide) groups is 1. The number of anilines is 2. The molecule has 1 N–H and O–H groups in total. The largest absolute Gasteiger partial charge is 0.462 e. The van der Waals surface area contributed by atoms with Crippen molar-refractivity contribution in [2.45, 2.75) is 44.9 Å². The average molecular weight is 418 g/mol. The Kier molecular flexibility index (Phi) is 7.19. The molecule has 0 radical (unpaired) electrons. The number of carbonyl (C=O) groups is 2. The molecule has 0 aliphatic carbocycles. The monoisotopic (exact) mass is 417 g/mol. The molecule has 0 saturated carbocycles. The lowest BCUT2D eigenvalue weighted by atomic mass is 10.0. The van der Waals surface area contributed by atoms with Gasteiger partial charge >= 0.3 is 11.9 Å². The number of esters is 2. The van der Waals surface area contributed by atoms with E-state index in [9.17, 15) is 9.59 Å². The first-order chi connectivity index (χ1) is 14.1. The second-order valence-corrected chi connectivity index (χ2v) is 7.65. The molecule has 0 fully saturated rings. The second kappa shape index (κ2) is 9.82. The number of fused-ring (bicyclic) bond motifs is 3. The number of hydrogen-bond acceptors (Lipinski definition) is 8. The van der Waals surface area contributed by atoms with E-state index in [0.717, 1.165) is 54.5 Å². The highest BCUT2D eigenvalue weighted by Gasteiger charge is 2.30. The lowest BCUT2D eigenvalue weighted by Gasteiger charge is -2.17. The number of aryl methyl sites for hydroxylation is 1. The molecule has 2 aliphatic heterocycles. The zero-order valence-electron chi connectivity index (χ0n) is 17.1. The van der Waals surface area contributed by atoms with Gasteiger partial charge in [-0.3, -0.25) is 4.99 Å². The van der Waals surface area contributed by atoms with Gasteiger partial charge in [0.15, 0.2) is 10.7 Å². The summed E-state index contributed by atoms with van der Waals surface area (Å²) in [6.07, 6.45) is 4.43. The summed E-state index contributed by atoms with van der Waals surface area (Å²) in [5.74, 6) is -1.39. The van der Waals surface area contributed by atoms with Crippen molar-refractivity contribution in [2.75, 3.05) is 36.5 Å². The van der Waals surface area contributed by atoms with Gasteiger partial charge in [-0.1, -0.05) is 13.3 Å². The number of nitrogens with zero attached hydrogens (tertiary/aromatic N) is 2. The van der Waals surface area contributed by atoms with Gasteiger partial charge in [0.2, 0.25) is 0 Å². The van der Waals surface area contributed by atoms with E-state index >= 15 is 0 Å². The molecule has 29 heavy (non-hydrogen) atoms. The minimum Gasteiger partial charge on any atom is -0.462 e. The second-order valence-electron chi connectivity index (χ2n) is 6.64. The number of aliphatic imine (C=N–C) groups is 1. The molecule has 1 aromatic rings. The van der Waals surface area contributed by atoms with Gasteiger partial charge in [-0.15, -0.1) is 0 Å². The Balaban J connectivity index is 1.92. The third kappa shape index (κ3) is 4.75. The molecule has 0 unspecified atom stereocenters. The van der Waals surface area contributed by atoms with Crippen LogP contribution in [-0.2, 0) is 25.5 Å². The minimum atomic E-state index is -0.695. The molecular weight excluding hydrogens is 390 g/mol. The summed E-state index contributed by atoms with van der Waals surface area (Å²) >= 11 is 1.69. The van der Waals surface area contributed by atoms with Crippen LogP contribution in [0.5, 0.6) is 0 Å². The minimum absolute atomic E-state index is 0.145. The Morgan fingerprint density at radius 2 is 1.93 bits per heavy atom. The van der Waals surface area contributed by atoms with Crippen LogP contribution < -0.4 is 10.2 Å². The number of ether oxygens (including phenoxy) is 2. The van der Waals surface area contributed by atoms with Crippen molar-refractivity contribution in [1.82, 2.24) is 0 Å². The van der Waals surface area contributed by atoms with Gasteiger partial charge in [0, 0.05) is 23.3 Å². The summed E-state index contributed by atoms with van der Waals surface area (Å²) < 4.78 is 10.0. The Hall–Kier alpha value is -2.48. The van der Waals surface area contributed by atoms with Crippen molar-refractivity contribution in [1.29, 1.82) is 0 Å². The highest BCUT2D eigenvalue weighted by molar-refractivity contribution is 8.14. The zero-order valence-corrected chi connectivity index (χ0v) is 17.9. The van der Waals surface area contributed by atoms with E-state index in [1.807, 2.05) is 0 Å². The third-order valence-electron chi connectivity index (χ3n) is 4.64. The van der Waals surface area contributed by atoms with Crippen molar-refractivity contribution in [3.8, 4) is 0 Å². The number of hydrogen-bond donors (Lipinski definition) is 1. The predicted molar refractivity (Wildman–Crippen MR) is 116 cm³/mol. The first-order valence-corrected chi connectivity index (χ1v) is 10.9. The lowest BCUT2D eigenvalue weighted by Crippen LogP contribution is -2.21. The normalized spacial score (nSPS) is 14.0. The molecule has 7 nitrogen and oxygen atoms in total. The smallest absolute Gasteiger partial charge is 0.347 e. The predicted octanol–water partition coefficient (Wildman–Crippen LogP) is 3.73. The van der Waals surface area contributed by atoms with E-state index in [2.05, 4.69) is 34.3 Å². The summed E-state index contributed by atoms with van der Waals surface area (Å²) in [6.45, 7) is 7.59. The number of benzene rings is 1. The molecule has 3 rings (SSSR count). The van der Waals surface area contributed by atoms with Gasteiger partial charge in [0.1, 0.15) is 0 Å². The molecule has 2 aliphatic rings. The number of nitrogens with one attached hydrogen (secondary N) is 1. The van der Waals surface area contributed by atoms with Crippen LogP contribution in [0.4, 0.5) is 11.4 Å². The summed E-state index contributed by atoms with van der Waals surface area (Å²) in [7, 11) is 0. The number of rotatable bonds is 9. The van der Waals surface area contributed by atoms with Crippen molar-refractivity contribution < 1.29 is 19.1 Å². The molecule has 0 atom stereocenters. The number of amidine groups is 1. The molecule has 0 bridgehead atoms. The first kappa shape index (κ1) is 21.2. The standard InChI is InChI=1S/C21H27N3O4S/c1-4-7-8-14-11-18-17(24-10-9-22-21(24)29-18)12-16(14)23-13-15(19(25)27-5-2)20(26)28-6-3/h11-13,23H,4-10H2,1-3H3. The summed E-state index contributed by atoms with van der Waals surface area (Å²) in [5, 5.41) is 4.21. The van der Waals surface area contributed by atoms with Crippen LogP contribution in [0.1, 0.15) is 39.2 Å². The van der Waals surface area contributed by atoms with E-state index in [4.69, 9.17) is 9.47 Å². The Morgan fingerprint density at radius 3 is 2.59 bits per heavy atom. The first-order valence-electron chi connectivity index (χ1n) is 10.1. The van der Waals surface area contributed by atoms with Gasteiger partial charge in [-0.25, -0.2) is 9.59 Å². The van der Waals surface area contributed by atoms with Crippen LogP contribution in [-0.4, -0.2) is 43.4 Å². The van der Waals surface area contributed by atoms with Crippen LogP contribution in [0.25, 0.3) is 0 Å². The third-order valence-corrected chi connectivity index (χ3v) is 5.72. The molecule has 0 spiro atoms. The SMILES string of the molecule is CCCCc1cc2c(cc1NC=C(C(=O)OCC)C(=O)OCC)N1CCN=C1S2. The Morgan fingerprint density at radius 1 is 1.21 bits per heavy atom. The summed E-state index contributed by atoms with van der Waals surface area (Å²) in [6, 6.07) is 4.26. The highest BCUT2D eigenvalue weighted by Crippen LogP contribution is 2.44. The van der Waals surface area contributed by atoms with Gasteiger partial charge in [-0.2, -0.15) is 0 Å². The van der Waals surface area contributed by atoms with E-state index in [1.165, 1.54) is 11.1 Å². The molecule has 8 heteroatoms. The van der Waals surface area contributed by atoms with Gasteiger partial charge in [0.05, 0.1) is 25.4 Å². The van der Waals surface area contributed by atoms with Gasteiger partial charge in [0.25, 0.3) is 0 Å². The molecule has 2 heterocycles. The molecule has 156 valence electrons. The number of unbranched alkanes of at least 4 members (excludes halogenated alkanes) is 1. The van der Waals surface area contributed by atoms with Crippen molar-refractivity contribution in [2.24, 2.45) is 4.99 Å². The van der Waals surface area contributed by atoms with Gasteiger partial charge < -0.3 is 19.7 Å². The van der Waals surface area contributed by atoms with E-state index in [0.29, 0.717) is 0 Å². The summed E-state index contributed by atoms with van der Waals surface area (Å²) in [5.41, 5.74) is 2.98. The van der Waals surface area contributed by atoms with E-state index in [-0.39, 0.29) is 18.8 Å². The highest BCUT2D eigenvalue weighted by atomic mass is 32.2. The van der Waals surface area contributed by atoms with E-state index in [1.54, 1.807) is 25.6 Å². The van der Waals surface area contributed by atoms with Gasteiger partial charge in [-0.05, 0) is 56.1 Å². The lowest BCUT2D eigenvalue weighted by molar-refractivity contribution is -0.146. The van der Waals surface area contributed by atoms with Crippen molar-refractivity contribution >= 4 is 40.2 Å². The maximum atomic E-state index is 12.2. The van der Waals surface area contributed by atoms with Crippen LogP contribution in [0.2, 0.25) is 0 Å². The molecule has 0 amide bonds. The fraction of sp³-hybridized carbons (Fsp3) is 0.476. The fourth-order valence-corrected chi connectivity index (χ4v) is 4.34. The Labute approximate surface area is 175 Å². The van der Waals surface area contributed by atoms with Crippen molar-refractivity contribution in [3.05, 3.63) is 29.5 Å². The van der Waals surface area contributed by atoms with Crippen LogP contribution in [0, 0.1) is 0 Å². The maximum Gasteiger partial charge on any atom is 0.347 e. The number of carbonyl (C=O) groups excluding carboxylic acids is 2. The average Bonchev–Trinajstić information content (AvgIpc) is 3.28. The quantitative estimate of drug-likeness (QED) is 0.284. The topological polar surface area (TPSA) is 80.2 Å². The van der Waals surface area contributed by atoms with Crippen LogP contribution in [0.15, 0.2) is 33.8 Å². The van der Waals surface area contributed by atoms with E-state index < -0.39 is 11.9 Å². The fourth-order valence-electron chi connectivity index (χ4n) is 3.22. The Bertz CT molecular complexity index is 831. The molecular formula is C21H27N3O4S. The maximum absolute atomic E-state index is 12.2. The molecule has 0 saturated heterocycles. The molecule has 1 aromatic carbocycles. The van der Waals surface area contributed by atoms with Crippen molar-refractivity contribution in [3.63, 3.8) is 0 Å². The summed E-state index contributed by atoms with van der Waals surface area (Å²) in [4.78, 5) is 32.4. The van der Waals surface area contributed by atoms with Crippen LogP contribution in [0.3, 0.4) is 0 Å². The van der Waals surface area contributed by atoms with Crippen LogP contribution >= 0.6 is 11.8 Å².